The van der Waals surface area contributed by atoms with Gasteiger partial charge in [0.1, 0.15) is 55.9 Å². The Morgan fingerprint density at radius 1 is 0.889 bits per heavy atom. The number of carbonyl (C=O) groups is 3. The second kappa shape index (κ2) is 12.8. The number of carboxylic acid groups (broad SMARTS) is 2. The molecule has 0 radical (unpaired) electrons. The van der Waals surface area contributed by atoms with Crippen LogP contribution in [0, 0.1) is 0 Å². The molecule has 1 unspecified atom stereocenters. The van der Waals surface area contributed by atoms with E-state index in [2.05, 4.69) is 0 Å². The molecule has 2 fully saturated rings. The molecule has 0 amide bonds. The Morgan fingerprint density at radius 3 is 1.97 bits per heavy atom. The van der Waals surface area contributed by atoms with Crippen LogP contribution in [-0.2, 0) is 33.3 Å². The fourth-order valence-electron chi connectivity index (χ4n) is 3.55. The summed E-state index contributed by atoms with van der Waals surface area (Å²) in [6.45, 7) is -2.82. The van der Waals surface area contributed by atoms with Gasteiger partial charge in [-0.25, -0.2) is 4.79 Å². The van der Waals surface area contributed by atoms with Gasteiger partial charge in [-0.05, 0) is 0 Å². The number of hydrogen-bond donors (Lipinski definition) is 10. The fraction of sp³-hybridized carbons (Fsp3) is 0.833. The first-order valence-electron chi connectivity index (χ1n) is 10.2. The molecule has 17 nitrogen and oxygen atoms in total. The van der Waals surface area contributed by atoms with E-state index in [1.54, 1.807) is 0 Å². The van der Waals surface area contributed by atoms with Crippen molar-refractivity contribution in [3.63, 3.8) is 0 Å². The third-order valence-electron chi connectivity index (χ3n) is 5.58. The average molecular weight is 597 g/mol. The van der Waals surface area contributed by atoms with Gasteiger partial charge in [0.25, 0.3) is 0 Å². The molecule has 0 aromatic carbocycles. The van der Waals surface area contributed by atoms with Crippen molar-refractivity contribution < 1.29 is 84.4 Å². The molecule has 2 heterocycles. The van der Waals surface area contributed by atoms with Crippen LogP contribution in [0.3, 0.4) is 0 Å². The number of aliphatic carboxylic acids is 2. The number of aliphatic hydroxyl groups is 8. The van der Waals surface area contributed by atoms with Crippen molar-refractivity contribution in [2.75, 3.05) is 19.8 Å². The summed E-state index contributed by atoms with van der Waals surface area (Å²) < 4.78 is 20.4. The number of esters is 1. The predicted octanol–water partition coefficient (Wildman–Crippen LogP) is -7.08. The number of hydrogen-bond acceptors (Lipinski definition) is 15. The third-order valence-corrected chi connectivity index (χ3v) is 5.58. The topological polar surface area (TPSA) is 290 Å². The van der Waals surface area contributed by atoms with Crippen molar-refractivity contribution in [3.05, 3.63) is 0 Å². The molecule has 10 atom stereocenters. The van der Waals surface area contributed by atoms with Crippen LogP contribution < -0.4 is 0 Å². The van der Waals surface area contributed by atoms with Crippen LogP contribution in [0.15, 0.2) is 0 Å². The molecule has 210 valence electrons. The van der Waals surface area contributed by atoms with Gasteiger partial charge >= 0.3 is 35.0 Å². The summed E-state index contributed by atoms with van der Waals surface area (Å²) in [6, 6.07) is 0. The zero-order valence-electron chi connectivity index (χ0n) is 18.5. The summed E-state index contributed by atoms with van der Waals surface area (Å²) in [5.41, 5.74) is -3.00. The van der Waals surface area contributed by atoms with Gasteiger partial charge in [0.2, 0.25) is 5.79 Å². The van der Waals surface area contributed by atoms with Crippen LogP contribution in [-0.4, -0.2) is 166 Å². The SMILES string of the molecule is O=C(O)CC(O)(CC(=O)OC[C@H]1O[C@H](O[C@]2(CO)O[C@H](CO)[C@@H](O)[C@@H]2O)[C@H](O)[C@@H](O)[C@@H]1O)C(=O)O.[SeH2]. The van der Waals surface area contributed by atoms with Crippen molar-refractivity contribution in [1.82, 2.24) is 0 Å². The van der Waals surface area contributed by atoms with Crippen LogP contribution in [0.1, 0.15) is 12.8 Å². The van der Waals surface area contributed by atoms with E-state index in [9.17, 15) is 55.2 Å². The molecule has 0 bridgehead atoms. The first kappa shape index (κ1) is 32.5. The predicted molar refractivity (Wildman–Crippen MR) is 111 cm³/mol. The van der Waals surface area contributed by atoms with Crippen molar-refractivity contribution in [2.24, 2.45) is 0 Å². The van der Waals surface area contributed by atoms with Crippen LogP contribution in [0.25, 0.3) is 0 Å². The van der Waals surface area contributed by atoms with E-state index in [1.165, 1.54) is 0 Å². The average Bonchev–Trinajstić information content (AvgIpc) is 3.02. The number of carboxylic acids is 2. The van der Waals surface area contributed by atoms with E-state index >= 15 is 0 Å². The Morgan fingerprint density at radius 2 is 1.50 bits per heavy atom. The zero-order valence-corrected chi connectivity index (χ0v) is 20.6. The van der Waals surface area contributed by atoms with Crippen LogP contribution >= 0.6 is 0 Å². The molecule has 0 spiro atoms. The normalized spacial score (nSPS) is 38.0. The Hall–Kier alpha value is -1.51. The van der Waals surface area contributed by atoms with E-state index in [1.807, 2.05) is 0 Å². The van der Waals surface area contributed by atoms with E-state index in [4.69, 9.17) is 29.2 Å². The molecule has 2 aliphatic heterocycles. The van der Waals surface area contributed by atoms with Gasteiger partial charge in [0.15, 0.2) is 11.9 Å². The van der Waals surface area contributed by atoms with E-state index in [0.29, 0.717) is 0 Å². The maximum atomic E-state index is 12.0. The van der Waals surface area contributed by atoms with Gasteiger partial charge < -0.3 is 70.0 Å². The Labute approximate surface area is 212 Å². The van der Waals surface area contributed by atoms with Gasteiger partial charge in [-0.15, -0.1) is 0 Å². The summed E-state index contributed by atoms with van der Waals surface area (Å²) in [6.07, 6.45) is -17.3. The molecule has 2 saturated heterocycles. The quantitative estimate of drug-likeness (QED) is 0.0782. The van der Waals surface area contributed by atoms with Crippen molar-refractivity contribution in [3.8, 4) is 0 Å². The monoisotopic (exact) mass is 598 g/mol. The van der Waals surface area contributed by atoms with E-state index in [-0.39, 0.29) is 17.1 Å². The molecule has 0 saturated carbocycles. The molecule has 18 heteroatoms. The van der Waals surface area contributed by atoms with Crippen molar-refractivity contribution in [1.29, 1.82) is 0 Å². The second-order valence-corrected chi connectivity index (χ2v) is 8.14. The van der Waals surface area contributed by atoms with Gasteiger partial charge in [-0.2, -0.15) is 0 Å². The van der Waals surface area contributed by atoms with Gasteiger partial charge in [0.05, 0.1) is 19.4 Å². The Kier molecular flexibility index (Phi) is 11.6. The van der Waals surface area contributed by atoms with Crippen LogP contribution in [0.5, 0.6) is 0 Å². The maximum absolute atomic E-state index is 12.0. The standard InChI is InChI=1S/C18H28O17.H2Se/c19-3-6-11(25)14(28)18(5-20,34-6)35-15-13(27)12(26)10(24)7(33-15)4-32-9(23)2-17(31,16(29)30)1-8(21)22;/h6-7,10-15,19-20,24-28,31H,1-5H2,(H,21,22)(H,29,30);1H2/t6-,7-,10-,11-,12+,13-,14+,15-,17?,18+;/m1./s1. The summed E-state index contributed by atoms with van der Waals surface area (Å²) in [5.74, 6) is -7.57. The molecular formula is C18H30O17Se. The summed E-state index contributed by atoms with van der Waals surface area (Å²) in [7, 11) is 0. The summed E-state index contributed by atoms with van der Waals surface area (Å²) in [5, 5.41) is 97.1. The molecular weight excluding hydrogens is 567 g/mol. The third kappa shape index (κ3) is 6.87. The Balaban J connectivity index is 0.00000648. The first-order valence-corrected chi connectivity index (χ1v) is 10.2. The number of carbonyl (C=O) groups excluding carboxylic acids is 1. The van der Waals surface area contributed by atoms with E-state index < -0.39 is 111 Å². The second-order valence-electron chi connectivity index (χ2n) is 8.14. The molecule has 0 aromatic heterocycles. The van der Waals surface area contributed by atoms with Gasteiger partial charge in [0, 0.05) is 0 Å². The molecule has 36 heavy (non-hydrogen) atoms. The van der Waals surface area contributed by atoms with Crippen LogP contribution in [0.4, 0.5) is 0 Å². The van der Waals surface area contributed by atoms with Crippen molar-refractivity contribution >= 4 is 35.0 Å². The molecule has 2 aliphatic rings. The number of ether oxygens (including phenoxy) is 4. The summed E-state index contributed by atoms with van der Waals surface area (Å²) in [4.78, 5) is 33.9. The van der Waals surface area contributed by atoms with Gasteiger partial charge in [-0.1, -0.05) is 0 Å². The van der Waals surface area contributed by atoms with Crippen molar-refractivity contribution in [2.45, 2.75) is 73.2 Å². The molecule has 2 rings (SSSR count). The van der Waals surface area contributed by atoms with E-state index in [0.717, 1.165) is 0 Å². The minimum absolute atomic E-state index is 0. The number of aliphatic hydroxyl groups excluding tert-OH is 7. The zero-order chi connectivity index (χ0) is 26.7. The molecule has 0 aliphatic carbocycles. The molecule has 10 N–H and O–H groups in total. The summed E-state index contributed by atoms with van der Waals surface area (Å²) >= 11 is 0. The molecule has 0 aromatic rings. The minimum atomic E-state index is -3.00. The Bertz CT molecular complexity index is 783. The first-order chi connectivity index (χ1) is 16.2. The van der Waals surface area contributed by atoms with Gasteiger partial charge in [-0.3, -0.25) is 9.59 Å². The number of rotatable bonds is 11. The fourth-order valence-corrected chi connectivity index (χ4v) is 3.55. The van der Waals surface area contributed by atoms with Crippen LogP contribution in [0.2, 0.25) is 0 Å².